The van der Waals surface area contributed by atoms with E-state index in [2.05, 4.69) is 5.32 Å². The summed E-state index contributed by atoms with van der Waals surface area (Å²) < 4.78 is 4.94. The Labute approximate surface area is 122 Å². The van der Waals surface area contributed by atoms with Gasteiger partial charge in [-0.15, -0.1) is 11.8 Å². The Bertz CT molecular complexity index is 490. The number of aromatic carboxylic acids is 1. The molecule has 0 saturated heterocycles. The van der Waals surface area contributed by atoms with E-state index in [9.17, 15) is 9.59 Å². The Balaban J connectivity index is 2.55. The van der Waals surface area contributed by atoms with E-state index in [1.54, 1.807) is 26.2 Å². The van der Waals surface area contributed by atoms with Gasteiger partial charge in [-0.25, -0.2) is 4.79 Å². The molecule has 0 aliphatic heterocycles. The number of carboxylic acids is 1. The van der Waals surface area contributed by atoms with Crippen molar-refractivity contribution in [3.63, 3.8) is 0 Å². The van der Waals surface area contributed by atoms with Gasteiger partial charge in [0.05, 0.1) is 17.9 Å². The van der Waals surface area contributed by atoms with Gasteiger partial charge in [-0.05, 0) is 31.5 Å². The number of carbonyl (C=O) groups excluding carboxylic acids is 1. The number of ether oxygens (including phenoxy) is 1. The van der Waals surface area contributed by atoms with E-state index in [1.165, 1.54) is 11.8 Å². The average molecular weight is 297 g/mol. The number of benzene rings is 1. The largest absolute Gasteiger partial charge is 0.478 e. The van der Waals surface area contributed by atoms with Crippen LogP contribution in [0.25, 0.3) is 0 Å². The van der Waals surface area contributed by atoms with E-state index < -0.39 is 5.97 Å². The number of amides is 1. The van der Waals surface area contributed by atoms with E-state index in [0.29, 0.717) is 12.2 Å². The molecular formula is C14H19NO4S. The van der Waals surface area contributed by atoms with Crippen molar-refractivity contribution in [1.82, 2.24) is 5.32 Å². The summed E-state index contributed by atoms with van der Waals surface area (Å²) >= 11 is 1.31. The second-order valence-electron chi connectivity index (χ2n) is 4.49. The Hall–Kier alpha value is -1.53. The molecule has 1 rings (SSSR count). The van der Waals surface area contributed by atoms with Gasteiger partial charge in [0.15, 0.2) is 0 Å². The summed E-state index contributed by atoms with van der Waals surface area (Å²) in [6.07, 6.45) is 0. The molecule has 1 aromatic carbocycles. The highest BCUT2D eigenvalue weighted by atomic mass is 32.2. The molecule has 0 spiro atoms. The lowest BCUT2D eigenvalue weighted by atomic mass is 10.1. The third-order valence-electron chi connectivity index (χ3n) is 2.63. The molecule has 0 fully saturated rings. The normalized spacial score (nSPS) is 11.9. The van der Waals surface area contributed by atoms with Crippen molar-refractivity contribution in [2.24, 2.45) is 0 Å². The Morgan fingerprint density at radius 3 is 2.75 bits per heavy atom. The molecule has 0 bridgehead atoms. The maximum Gasteiger partial charge on any atom is 0.335 e. The summed E-state index contributed by atoms with van der Waals surface area (Å²) in [5, 5.41) is 11.8. The number of carbonyl (C=O) groups is 2. The molecule has 1 amide bonds. The van der Waals surface area contributed by atoms with Crippen LogP contribution in [0.3, 0.4) is 0 Å². The zero-order valence-corrected chi connectivity index (χ0v) is 12.6. The number of aryl methyl sites for hydroxylation is 1. The minimum Gasteiger partial charge on any atom is -0.478 e. The average Bonchev–Trinajstić information content (AvgIpc) is 2.37. The van der Waals surface area contributed by atoms with Crippen molar-refractivity contribution in [2.75, 3.05) is 19.5 Å². The molecular weight excluding hydrogens is 278 g/mol. The first-order valence-electron chi connectivity index (χ1n) is 6.19. The van der Waals surface area contributed by atoms with Crippen molar-refractivity contribution in [2.45, 2.75) is 24.8 Å². The molecule has 0 aliphatic carbocycles. The molecule has 1 unspecified atom stereocenters. The molecule has 110 valence electrons. The van der Waals surface area contributed by atoms with Gasteiger partial charge in [0, 0.05) is 18.0 Å². The number of rotatable bonds is 7. The molecule has 2 N–H and O–H groups in total. The Morgan fingerprint density at radius 2 is 2.15 bits per heavy atom. The molecule has 1 aromatic rings. The second kappa shape index (κ2) is 7.91. The molecule has 0 aliphatic rings. The third kappa shape index (κ3) is 5.22. The smallest absolute Gasteiger partial charge is 0.335 e. The van der Waals surface area contributed by atoms with E-state index in [-0.39, 0.29) is 23.3 Å². The highest BCUT2D eigenvalue weighted by molar-refractivity contribution is 8.00. The van der Waals surface area contributed by atoms with Gasteiger partial charge in [-0.3, -0.25) is 4.79 Å². The number of nitrogens with one attached hydrogen (secondary N) is 1. The van der Waals surface area contributed by atoms with Crippen molar-refractivity contribution in [3.8, 4) is 0 Å². The van der Waals surface area contributed by atoms with Crippen molar-refractivity contribution in [3.05, 3.63) is 29.3 Å². The first-order valence-corrected chi connectivity index (χ1v) is 7.17. The van der Waals surface area contributed by atoms with E-state index in [4.69, 9.17) is 9.84 Å². The molecule has 0 radical (unpaired) electrons. The number of hydrogen-bond donors (Lipinski definition) is 2. The van der Waals surface area contributed by atoms with Gasteiger partial charge in [0.1, 0.15) is 0 Å². The molecule has 0 heterocycles. The number of thioether (sulfide) groups is 1. The van der Waals surface area contributed by atoms with Crippen LogP contribution in [0.1, 0.15) is 22.8 Å². The molecule has 20 heavy (non-hydrogen) atoms. The number of methoxy groups -OCH3 is 1. The third-order valence-corrected chi connectivity index (χ3v) is 3.63. The van der Waals surface area contributed by atoms with Gasteiger partial charge < -0.3 is 15.2 Å². The lowest BCUT2D eigenvalue weighted by Crippen LogP contribution is -2.36. The summed E-state index contributed by atoms with van der Waals surface area (Å²) in [7, 11) is 1.58. The number of hydrogen-bond acceptors (Lipinski definition) is 4. The standard InChI is InChI=1S/C14H19NO4S/c1-9-4-5-11(6-12(9)14(17)18)20-8-13(16)15-10(2)7-19-3/h4-6,10H,7-8H2,1-3H3,(H,15,16)(H,17,18). The van der Waals surface area contributed by atoms with Crippen LogP contribution in [0.4, 0.5) is 0 Å². The Morgan fingerprint density at radius 1 is 1.45 bits per heavy atom. The summed E-state index contributed by atoms with van der Waals surface area (Å²) in [5.74, 6) is -0.809. The molecule has 1 atom stereocenters. The SMILES string of the molecule is COCC(C)NC(=O)CSc1ccc(C)c(C(=O)O)c1. The quantitative estimate of drug-likeness (QED) is 0.752. The second-order valence-corrected chi connectivity index (χ2v) is 5.54. The van der Waals surface area contributed by atoms with Crippen molar-refractivity contribution in [1.29, 1.82) is 0 Å². The summed E-state index contributed by atoms with van der Waals surface area (Å²) in [6, 6.07) is 5.12. The van der Waals surface area contributed by atoms with Gasteiger partial charge in [0.2, 0.25) is 5.91 Å². The molecule has 5 nitrogen and oxygen atoms in total. The maximum atomic E-state index is 11.7. The highest BCUT2D eigenvalue weighted by Gasteiger charge is 2.10. The van der Waals surface area contributed by atoms with Crippen molar-refractivity contribution < 1.29 is 19.4 Å². The fourth-order valence-corrected chi connectivity index (χ4v) is 2.42. The summed E-state index contributed by atoms with van der Waals surface area (Å²) in [6.45, 7) is 4.07. The lowest BCUT2D eigenvalue weighted by Gasteiger charge is -2.12. The zero-order chi connectivity index (χ0) is 15.1. The van der Waals surface area contributed by atoms with Crippen molar-refractivity contribution >= 4 is 23.6 Å². The van der Waals surface area contributed by atoms with Gasteiger partial charge in [-0.2, -0.15) is 0 Å². The van der Waals surface area contributed by atoms with Crippen LogP contribution in [0, 0.1) is 6.92 Å². The fourth-order valence-electron chi connectivity index (χ4n) is 1.68. The van der Waals surface area contributed by atoms with Crippen LogP contribution >= 0.6 is 11.8 Å². The van der Waals surface area contributed by atoms with Gasteiger partial charge in [0.25, 0.3) is 0 Å². The van der Waals surface area contributed by atoms with Crippen LogP contribution in [0.15, 0.2) is 23.1 Å². The van der Waals surface area contributed by atoms with Crippen LogP contribution in [0.2, 0.25) is 0 Å². The molecule has 6 heteroatoms. The van der Waals surface area contributed by atoms with E-state index in [0.717, 1.165) is 4.90 Å². The lowest BCUT2D eigenvalue weighted by molar-refractivity contribution is -0.119. The van der Waals surface area contributed by atoms with Crippen LogP contribution in [-0.2, 0) is 9.53 Å². The van der Waals surface area contributed by atoms with Gasteiger partial charge in [-0.1, -0.05) is 6.07 Å². The van der Waals surface area contributed by atoms with Crippen LogP contribution < -0.4 is 5.32 Å². The maximum absolute atomic E-state index is 11.7. The number of carboxylic acid groups (broad SMARTS) is 1. The minimum absolute atomic E-state index is 0.0410. The molecule has 0 saturated carbocycles. The first-order chi connectivity index (χ1) is 9.43. The summed E-state index contributed by atoms with van der Waals surface area (Å²) in [5.41, 5.74) is 0.975. The highest BCUT2D eigenvalue weighted by Crippen LogP contribution is 2.21. The predicted octanol–water partition coefficient (Wildman–Crippen LogP) is 1.94. The van der Waals surface area contributed by atoms with Gasteiger partial charge >= 0.3 is 5.97 Å². The topological polar surface area (TPSA) is 75.6 Å². The predicted molar refractivity (Wildman–Crippen MR) is 78.3 cm³/mol. The summed E-state index contributed by atoms with van der Waals surface area (Å²) in [4.78, 5) is 23.5. The monoisotopic (exact) mass is 297 g/mol. The minimum atomic E-state index is -0.955. The van der Waals surface area contributed by atoms with E-state index >= 15 is 0 Å². The molecule has 0 aromatic heterocycles. The fraction of sp³-hybridized carbons (Fsp3) is 0.429. The zero-order valence-electron chi connectivity index (χ0n) is 11.8. The Kier molecular flexibility index (Phi) is 6.54. The van der Waals surface area contributed by atoms with Crippen LogP contribution in [0.5, 0.6) is 0 Å². The van der Waals surface area contributed by atoms with Crippen LogP contribution in [-0.4, -0.2) is 42.5 Å². The van der Waals surface area contributed by atoms with E-state index in [1.807, 2.05) is 13.0 Å². The first kappa shape index (κ1) is 16.5.